The fraction of sp³-hybridized carbons (Fsp3) is 0.174. The summed E-state index contributed by atoms with van der Waals surface area (Å²) in [5.41, 5.74) is 3.25. The minimum absolute atomic E-state index is 0.206. The van der Waals surface area contributed by atoms with Gasteiger partial charge in [0.05, 0.1) is 25.3 Å². The second-order valence-electron chi connectivity index (χ2n) is 6.59. The molecule has 0 saturated carbocycles. The van der Waals surface area contributed by atoms with Crippen molar-refractivity contribution in [3.63, 3.8) is 0 Å². The van der Waals surface area contributed by atoms with Crippen LogP contribution >= 0.6 is 0 Å². The average molecular weight is 390 g/mol. The van der Waals surface area contributed by atoms with Gasteiger partial charge in [-0.05, 0) is 42.3 Å². The zero-order chi connectivity index (χ0) is 20.8. The summed E-state index contributed by atoms with van der Waals surface area (Å²) >= 11 is 0. The number of aromatic nitrogens is 1. The number of ether oxygens (including phenoxy) is 1. The maximum atomic E-state index is 12.9. The van der Waals surface area contributed by atoms with Gasteiger partial charge in [-0.2, -0.15) is 0 Å². The molecule has 6 heteroatoms. The molecule has 1 amide bonds. The standard InChI is InChI=1S/C23H22N2O4/c1-15-8-3-4-9-16(15)20(14-22(26)27)25-23(28)19-12-7-11-18(24-19)17-10-5-6-13-21(17)29-2/h3-13,20H,14H2,1-2H3,(H,25,28)(H,26,27)/t20-/m0/s1. The number of carboxylic acids is 1. The summed E-state index contributed by atoms with van der Waals surface area (Å²) in [5, 5.41) is 12.1. The van der Waals surface area contributed by atoms with Crippen LogP contribution in [-0.2, 0) is 4.79 Å². The van der Waals surface area contributed by atoms with E-state index in [1.54, 1.807) is 25.3 Å². The van der Waals surface area contributed by atoms with Gasteiger partial charge in [-0.3, -0.25) is 9.59 Å². The smallest absolute Gasteiger partial charge is 0.305 e. The maximum Gasteiger partial charge on any atom is 0.305 e. The molecule has 0 aliphatic rings. The van der Waals surface area contributed by atoms with Crippen LogP contribution in [0.2, 0.25) is 0 Å². The Hall–Kier alpha value is -3.67. The lowest BCUT2D eigenvalue weighted by Crippen LogP contribution is -2.31. The van der Waals surface area contributed by atoms with Crippen molar-refractivity contribution in [2.24, 2.45) is 0 Å². The molecule has 0 radical (unpaired) electrons. The Morgan fingerprint density at radius 3 is 2.48 bits per heavy atom. The molecule has 148 valence electrons. The Morgan fingerprint density at radius 2 is 1.76 bits per heavy atom. The van der Waals surface area contributed by atoms with Crippen molar-refractivity contribution >= 4 is 11.9 Å². The normalized spacial score (nSPS) is 11.5. The Labute approximate surface area is 169 Å². The van der Waals surface area contributed by atoms with Gasteiger partial charge in [0.15, 0.2) is 0 Å². The largest absolute Gasteiger partial charge is 0.496 e. The number of amides is 1. The molecule has 29 heavy (non-hydrogen) atoms. The van der Waals surface area contributed by atoms with Crippen LogP contribution in [-0.4, -0.2) is 29.1 Å². The van der Waals surface area contributed by atoms with Crippen LogP contribution in [0, 0.1) is 6.92 Å². The summed E-state index contributed by atoms with van der Waals surface area (Å²) in [6, 6.07) is 19.3. The van der Waals surface area contributed by atoms with Crippen LogP contribution in [0.15, 0.2) is 66.7 Å². The summed E-state index contributed by atoms with van der Waals surface area (Å²) in [7, 11) is 1.58. The quantitative estimate of drug-likeness (QED) is 0.636. The fourth-order valence-corrected chi connectivity index (χ4v) is 3.19. The molecule has 3 rings (SSSR count). The highest BCUT2D eigenvalue weighted by Crippen LogP contribution is 2.28. The molecule has 2 N–H and O–H groups in total. The van der Waals surface area contributed by atoms with Gasteiger partial charge in [0.25, 0.3) is 5.91 Å². The number of carbonyl (C=O) groups is 2. The van der Waals surface area contributed by atoms with Crippen LogP contribution in [0.5, 0.6) is 5.75 Å². The summed E-state index contributed by atoms with van der Waals surface area (Å²) < 4.78 is 5.37. The maximum absolute atomic E-state index is 12.9. The molecule has 0 bridgehead atoms. The first kappa shape index (κ1) is 20.1. The number of aryl methyl sites for hydroxylation is 1. The monoisotopic (exact) mass is 390 g/mol. The number of benzene rings is 2. The molecule has 3 aromatic rings. The predicted molar refractivity (Wildman–Crippen MR) is 110 cm³/mol. The van der Waals surface area contributed by atoms with Crippen LogP contribution in [0.4, 0.5) is 0 Å². The number of carboxylic acid groups (broad SMARTS) is 1. The summed E-state index contributed by atoms with van der Waals surface area (Å²) in [6.07, 6.45) is -0.219. The van der Waals surface area contributed by atoms with Crippen LogP contribution < -0.4 is 10.1 Å². The van der Waals surface area contributed by atoms with E-state index in [0.29, 0.717) is 11.4 Å². The second-order valence-corrected chi connectivity index (χ2v) is 6.59. The Kier molecular flexibility index (Phi) is 6.24. The highest BCUT2D eigenvalue weighted by atomic mass is 16.5. The first-order valence-corrected chi connectivity index (χ1v) is 9.18. The Morgan fingerprint density at radius 1 is 1.03 bits per heavy atom. The van der Waals surface area contributed by atoms with Crippen molar-refractivity contribution in [3.05, 3.63) is 83.6 Å². The first-order valence-electron chi connectivity index (χ1n) is 9.18. The van der Waals surface area contributed by atoms with Crippen molar-refractivity contribution < 1.29 is 19.4 Å². The van der Waals surface area contributed by atoms with Crippen LogP contribution in [0.25, 0.3) is 11.3 Å². The lowest BCUT2D eigenvalue weighted by molar-refractivity contribution is -0.137. The molecule has 0 aliphatic heterocycles. The number of hydrogen-bond acceptors (Lipinski definition) is 4. The van der Waals surface area contributed by atoms with Gasteiger partial charge in [0, 0.05) is 5.56 Å². The molecule has 2 aromatic carbocycles. The molecule has 6 nitrogen and oxygen atoms in total. The zero-order valence-corrected chi connectivity index (χ0v) is 16.3. The molecule has 0 saturated heterocycles. The van der Waals surface area contributed by atoms with Gasteiger partial charge < -0.3 is 15.2 Å². The highest BCUT2D eigenvalue weighted by molar-refractivity contribution is 5.93. The average Bonchev–Trinajstić information content (AvgIpc) is 2.73. The number of carbonyl (C=O) groups excluding carboxylic acids is 1. The number of aliphatic carboxylic acids is 1. The van der Waals surface area contributed by atoms with Gasteiger partial charge in [-0.1, -0.05) is 42.5 Å². The van der Waals surface area contributed by atoms with E-state index in [1.165, 1.54) is 0 Å². The number of pyridine rings is 1. The lowest BCUT2D eigenvalue weighted by Gasteiger charge is -2.19. The third-order valence-electron chi connectivity index (χ3n) is 4.61. The van der Waals surface area contributed by atoms with E-state index in [0.717, 1.165) is 16.7 Å². The topological polar surface area (TPSA) is 88.5 Å². The van der Waals surface area contributed by atoms with E-state index in [4.69, 9.17) is 4.74 Å². The molecule has 0 fully saturated rings. The van der Waals surface area contributed by atoms with Crippen molar-refractivity contribution in [3.8, 4) is 17.0 Å². The van der Waals surface area contributed by atoms with Gasteiger partial charge in [0.1, 0.15) is 11.4 Å². The third-order valence-corrected chi connectivity index (χ3v) is 4.61. The SMILES string of the molecule is COc1ccccc1-c1cccc(C(=O)N[C@@H](CC(=O)O)c2ccccc2C)n1. The van der Waals surface area contributed by atoms with E-state index in [2.05, 4.69) is 10.3 Å². The molecule has 0 spiro atoms. The third kappa shape index (κ3) is 4.79. The molecule has 1 atom stereocenters. The molecular weight excluding hydrogens is 368 g/mol. The number of hydrogen-bond donors (Lipinski definition) is 2. The van der Waals surface area contributed by atoms with Crippen molar-refractivity contribution in [2.75, 3.05) is 7.11 Å². The first-order chi connectivity index (χ1) is 14.0. The van der Waals surface area contributed by atoms with Crippen molar-refractivity contribution in [2.45, 2.75) is 19.4 Å². The summed E-state index contributed by atoms with van der Waals surface area (Å²) in [6.45, 7) is 1.89. The minimum Gasteiger partial charge on any atom is -0.496 e. The molecular formula is C23H22N2O4. The van der Waals surface area contributed by atoms with E-state index in [1.807, 2.05) is 55.5 Å². The van der Waals surface area contributed by atoms with Gasteiger partial charge >= 0.3 is 5.97 Å². The summed E-state index contributed by atoms with van der Waals surface area (Å²) in [4.78, 5) is 28.7. The second kappa shape index (κ2) is 9.01. The number of methoxy groups -OCH3 is 1. The fourth-order valence-electron chi connectivity index (χ4n) is 3.19. The summed E-state index contributed by atoms with van der Waals surface area (Å²) in [5.74, 6) is -0.772. The van der Waals surface area contributed by atoms with Crippen molar-refractivity contribution in [1.29, 1.82) is 0 Å². The zero-order valence-electron chi connectivity index (χ0n) is 16.3. The Bertz CT molecular complexity index is 1030. The molecule has 0 aliphatic carbocycles. The van der Waals surface area contributed by atoms with Crippen molar-refractivity contribution in [1.82, 2.24) is 10.3 Å². The predicted octanol–water partition coefficient (Wildman–Crippen LogP) is 4.01. The molecule has 1 heterocycles. The lowest BCUT2D eigenvalue weighted by atomic mass is 9.98. The number of para-hydroxylation sites is 1. The van der Waals surface area contributed by atoms with Crippen LogP contribution in [0.1, 0.15) is 34.1 Å². The number of rotatable bonds is 7. The number of nitrogens with zero attached hydrogens (tertiary/aromatic N) is 1. The van der Waals surface area contributed by atoms with Gasteiger partial charge in [-0.15, -0.1) is 0 Å². The van der Waals surface area contributed by atoms with Gasteiger partial charge in [0.2, 0.25) is 0 Å². The van der Waals surface area contributed by atoms with E-state index < -0.39 is 17.9 Å². The van der Waals surface area contributed by atoms with E-state index >= 15 is 0 Å². The number of nitrogens with one attached hydrogen (secondary N) is 1. The molecule has 0 unspecified atom stereocenters. The van der Waals surface area contributed by atoms with Crippen LogP contribution in [0.3, 0.4) is 0 Å². The van der Waals surface area contributed by atoms with E-state index in [-0.39, 0.29) is 12.1 Å². The Balaban J connectivity index is 1.89. The minimum atomic E-state index is -0.991. The highest BCUT2D eigenvalue weighted by Gasteiger charge is 2.21. The van der Waals surface area contributed by atoms with Gasteiger partial charge in [-0.25, -0.2) is 4.98 Å². The van der Waals surface area contributed by atoms with E-state index in [9.17, 15) is 14.7 Å². The molecule has 1 aromatic heterocycles.